The first-order valence-corrected chi connectivity index (χ1v) is 11.2. The van der Waals surface area contributed by atoms with E-state index in [0.717, 1.165) is 25.7 Å². The van der Waals surface area contributed by atoms with Crippen LogP contribution in [0.4, 0.5) is 0 Å². The molecule has 28 heavy (non-hydrogen) atoms. The zero-order valence-electron chi connectivity index (χ0n) is 16.4. The van der Waals surface area contributed by atoms with Crippen LogP contribution in [0, 0.1) is 0 Å². The van der Waals surface area contributed by atoms with Gasteiger partial charge in [0.15, 0.2) is 5.76 Å². The van der Waals surface area contributed by atoms with Gasteiger partial charge in [0.05, 0.1) is 6.04 Å². The van der Waals surface area contributed by atoms with E-state index in [2.05, 4.69) is 16.9 Å². The van der Waals surface area contributed by atoms with Crippen molar-refractivity contribution in [3.8, 4) is 0 Å². The highest BCUT2D eigenvalue weighted by molar-refractivity contribution is 7.89. The molecule has 6 nitrogen and oxygen atoms in total. The summed E-state index contributed by atoms with van der Waals surface area (Å²) in [6.07, 6.45) is 3.79. The molecule has 1 unspecified atom stereocenters. The van der Waals surface area contributed by atoms with Crippen LogP contribution in [-0.2, 0) is 16.4 Å². The van der Waals surface area contributed by atoms with Gasteiger partial charge in [-0.25, -0.2) is 13.1 Å². The van der Waals surface area contributed by atoms with Crippen molar-refractivity contribution in [3.63, 3.8) is 0 Å². The first-order valence-electron chi connectivity index (χ1n) is 9.70. The van der Waals surface area contributed by atoms with Gasteiger partial charge in [0.2, 0.25) is 5.09 Å². The molecule has 2 aliphatic carbocycles. The number of carbonyl (C=O) groups excluding carboxylic acids is 1. The molecule has 7 heteroatoms. The molecule has 0 aliphatic heterocycles. The van der Waals surface area contributed by atoms with Gasteiger partial charge in [0.1, 0.15) is 0 Å². The SMILES string of the molecule is CC(C)(C)NS(=O)(=O)c1ccc(C(=O)N(C2CC2)C2CCc3ccccc32)o1. The molecule has 0 saturated heterocycles. The van der Waals surface area contributed by atoms with E-state index >= 15 is 0 Å². The fourth-order valence-corrected chi connectivity index (χ4v) is 5.25. The van der Waals surface area contributed by atoms with Crippen molar-refractivity contribution < 1.29 is 17.6 Å². The van der Waals surface area contributed by atoms with Crippen LogP contribution in [0.15, 0.2) is 45.9 Å². The fourth-order valence-electron chi connectivity index (χ4n) is 3.90. The third kappa shape index (κ3) is 3.73. The quantitative estimate of drug-likeness (QED) is 0.828. The number of hydrogen-bond donors (Lipinski definition) is 1. The lowest BCUT2D eigenvalue weighted by Gasteiger charge is -2.29. The number of furan rings is 1. The van der Waals surface area contributed by atoms with E-state index in [1.165, 1.54) is 23.3 Å². The molecule has 1 heterocycles. The predicted octanol–water partition coefficient (Wildman–Crippen LogP) is 3.65. The van der Waals surface area contributed by atoms with Crippen LogP contribution in [0.3, 0.4) is 0 Å². The second kappa shape index (κ2) is 6.74. The lowest BCUT2D eigenvalue weighted by molar-refractivity contribution is 0.0619. The Morgan fingerprint density at radius 3 is 2.50 bits per heavy atom. The first kappa shape index (κ1) is 19.2. The van der Waals surface area contributed by atoms with E-state index < -0.39 is 15.6 Å². The molecule has 1 N–H and O–H groups in total. The Labute approximate surface area is 166 Å². The zero-order chi connectivity index (χ0) is 20.1. The van der Waals surface area contributed by atoms with Crippen molar-refractivity contribution >= 4 is 15.9 Å². The van der Waals surface area contributed by atoms with Crippen molar-refractivity contribution in [3.05, 3.63) is 53.3 Å². The molecule has 2 aromatic rings. The van der Waals surface area contributed by atoms with Crippen molar-refractivity contribution in [2.45, 2.75) is 69.2 Å². The number of nitrogens with one attached hydrogen (secondary N) is 1. The summed E-state index contributed by atoms with van der Waals surface area (Å²) in [5.41, 5.74) is 1.84. The molecule has 1 atom stereocenters. The summed E-state index contributed by atoms with van der Waals surface area (Å²) >= 11 is 0. The maximum atomic E-state index is 13.3. The number of rotatable bonds is 5. The predicted molar refractivity (Wildman–Crippen MR) is 105 cm³/mol. The van der Waals surface area contributed by atoms with Crippen LogP contribution in [0.2, 0.25) is 0 Å². The molecule has 4 rings (SSSR count). The monoisotopic (exact) mass is 402 g/mol. The Balaban J connectivity index is 1.61. The lowest BCUT2D eigenvalue weighted by atomic mass is 10.1. The molecular formula is C21H26N2O4S. The number of aryl methyl sites for hydroxylation is 1. The summed E-state index contributed by atoms with van der Waals surface area (Å²) in [5, 5.41) is -0.228. The second-order valence-corrected chi connectivity index (χ2v) is 10.3. The van der Waals surface area contributed by atoms with Crippen LogP contribution in [-0.4, -0.2) is 30.8 Å². The number of amides is 1. The van der Waals surface area contributed by atoms with Crippen molar-refractivity contribution in [1.82, 2.24) is 9.62 Å². The molecule has 1 saturated carbocycles. The van der Waals surface area contributed by atoms with Gasteiger partial charge in [-0.05, 0) is 69.7 Å². The Kier molecular flexibility index (Phi) is 4.62. The molecule has 0 spiro atoms. The van der Waals surface area contributed by atoms with E-state index in [1.807, 2.05) is 17.0 Å². The van der Waals surface area contributed by atoms with Gasteiger partial charge in [-0.3, -0.25) is 4.79 Å². The Hall–Kier alpha value is -2.12. The van der Waals surface area contributed by atoms with Gasteiger partial charge < -0.3 is 9.32 Å². The van der Waals surface area contributed by atoms with E-state index in [0.29, 0.717) is 0 Å². The van der Waals surface area contributed by atoms with Crippen LogP contribution in [0.25, 0.3) is 0 Å². The number of hydrogen-bond acceptors (Lipinski definition) is 4. The summed E-state index contributed by atoms with van der Waals surface area (Å²) < 4.78 is 33.1. The highest BCUT2D eigenvalue weighted by Crippen LogP contribution is 2.42. The van der Waals surface area contributed by atoms with Crippen molar-refractivity contribution in [1.29, 1.82) is 0 Å². The highest BCUT2D eigenvalue weighted by atomic mass is 32.2. The molecule has 0 radical (unpaired) electrons. The zero-order valence-corrected chi connectivity index (χ0v) is 17.3. The van der Waals surface area contributed by atoms with Crippen LogP contribution in [0.1, 0.15) is 67.8 Å². The molecule has 1 aromatic carbocycles. The molecule has 0 bridgehead atoms. The normalized spacial score (nSPS) is 19.5. The number of carbonyl (C=O) groups is 1. The summed E-state index contributed by atoms with van der Waals surface area (Å²) in [5.74, 6) is -0.160. The standard InChI is InChI=1S/C21H26N2O4S/c1-21(2,3)22-28(25,26)19-13-12-18(27-19)20(24)23(15-9-10-15)17-11-8-14-6-4-5-7-16(14)17/h4-7,12-13,15,17,22H,8-11H2,1-3H3. The third-order valence-electron chi connectivity index (χ3n) is 5.11. The summed E-state index contributed by atoms with van der Waals surface area (Å²) in [7, 11) is -3.82. The maximum absolute atomic E-state index is 13.3. The minimum atomic E-state index is -3.82. The number of nitrogens with zero attached hydrogens (tertiary/aromatic N) is 1. The van der Waals surface area contributed by atoms with E-state index in [-0.39, 0.29) is 28.8 Å². The van der Waals surface area contributed by atoms with Gasteiger partial charge in [-0.1, -0.05) is 24.3 Å². The first-order chi connectivity index (χ1) is 13.2. The maximum Gasteiger partial charge on any atom is 0.290 e. The molecule has 1 amide bonds. The summed E-state index contributed by atoms with van der Waals surface area (Å²) in [6.45, 7) is 5.27. The average molecular weight is 403 g/mol. The summed E-state index contributed by atoms with van der Waals surface area (Å²) in [6, 6.07) is 11.3. The van der Waals surface area contributed by atoms with Gasteiger partial charge in [0.25, 0.3) is 15.9 Å². The molecule has 1 fully saturated rings. The second-order valence-electron chi connectivity index (χ2n) is 8.67. The van der Waals surface area contributed by atoms with Crippen LogP contribution in [0.5, 0.6) is 0 Å². The largest absolute Gasteiger partial charge is 0.438 e. The van der Waals surface area contributed by atoms with Crippen molar-refractivity contribution in [2.24, 2.45) is 0 Å². The molecule has 2 aliphatic rings. The average Bonchev–Trinajstić information content (AvgIpc) is 3.15. The lowest BCUT2D eigenvalue weighted by Crippen LogP contribution is -2.40. The smallest absolute Gasteiger partial charge is 0.290 e. The number of sulfonamides is 1. The minimum Gasteiger partial charge on any atom is -0.438 e. The van der Waals surface area contributed by atoms with Gasteiger partial charge >= 0.3 is 0 Å². The Morgan fingerprint density at radius 1 is 1.11 bits per heavy atom. The minimum absolute atomic E-state index is 0.0223. The van der Waals surface area contributed by atoms with E-state index in [4.69, 9.17) is 4.42 Å². The Bertz CT molecular complexity index is 999. The number of fused-ring (bicyclic) bond motifs is 1. The third-order valence-corrected chi connectivity index (χ3v) is 6.74. The highest BCUT2D eigenvalue weighted by Gasteiger charge is 2.41. The number of benzene rings is 1. The van der Waals surface area contributed by atoms with Crippen LogP contribution >= 0.6 is 0 Å². The fraction of sp³-hybridized carbons (Fsp3) is 0.476. The van der Waals surface area contributed by atoms with Crippen LogP contribution < -0.4 is 4.72 Å². The topological polar surface area (TPSA) is 79.6 Å². The molecule has 1 aromatic heterocycles. The summed E-state index contributed by atoms with van der Waals surface area (Å²) in [4.78, 5) is 15.2. The van der Waals surface area contributed by atoms with Gasteiger partial charge in [0, 0.05) is 11.6 Å². The van der Waals surface area contributed by atoms with Crippen molar-refractivity contribution in [2.75, 3.05) is 0 Å². The van der Waals surface area contributed by atoms with E-state index in [1.54, 1.807) is 20.8 Å². The van der Waals surface area contributed by atoms with E-state index in [9.17, 15) is 13.2 Å². The van der Waals surface area contributed by atoms with Gasteiger partial charge in [-0.15, -0.1) is 0 Å². The molecular weight excluding hydrogens is 376 g/mol. The van der Waals surface area contributed by atoms with Gasteiger partial charge in [-0.2, -0.15) is 0 Å². The molecule has 150 valence electrons. The Morgan fingerprint density at radius 2 is 1.82 bits per heavy atom.